The Bertz CT molecular complexity index is 1020. The molecule has 0 N–H and O–H groups in total. The highest BCUT2D eigenvalue weighted by Gasteiger charge is 2.25. The highest BCUT2D eigenvalue weighted by Crippen LogP contribution is 2.27. The topological polar surface area (TPSA) is 21.6 Å². The lowest BCUT2D eigenvalue weighted by Gasteiger charge is -2.05. The Morgan fingerprint density at radius 3 is 1.96 bits per heavy atom. The quantitative estimate of drug-likeness (QED) is 0.526. The Morgan fingerprint density at radius 1 is 0.786 bits per heavy atom. The summed E-state index contributed by atoms with van der Waals surface area (Å²) in [5.74, 6) is -1.67. The van der Waals surface area contributed by atoms with E-state index in [-0.39, 0.29) is 29.9 Å². The Hall–Kier alpha value is -3.34. The van der Waals surface area contributed by atoms with Gasteiger partial charge in [0.1, 0.15) is 35.7 Å². The molecule has 5 heteroatoms. The molecule has 0 fully saturated rings. The van der Waals surface area contributed by atoms with E-state index in [0.29, 0.717) is 0 Å². The van der Waals surface area contributed by atoms with Gasteiger partial charge in [-0.25, -0.2) is 18.2 Å². The van der Waals surface area contributed by atoms with Gasteiger partial charge in [-0.15, -0.1) is 0 Å². The molecule has 3 aromatic rings. The fourth-order valence-electron chi connectivity index (χ4n) is 2.98. The molecule has 1 aliphatic heterocycles. The minimum Gasteiger partial charge on any atom is -0.475 e. The molecule has 2 nitrogen and oxygen atoms in total. The summed E-state index contributed by atoms with van der Waals surface area (Å²) in [6, 6.07) is 17.2. The monoisotopic (exact) mass is 379 g/mol. The predicted molar refractivity (Wildman–Crippen MR) is 103 cm³/mol. The number of nitrogens with zero attached hydrogens (tertiary/aromatic N) is 1. The molecule has 0 spiro atoms. The lowest BCUT2D eigenvalue weighted by molar-refractivity contribution is 0.317. The average molecular weight is 379 g/mol. The van der Waals surface area contributed by atoms with E-state index in [1.54, 1.807) is 12.1 Å². The molecule has 1 heterocycles. The lowest BCUT2D eigenvalue weighted by atomic mass is 10.1. The first-order valence-corrected chi connectivity index (χ1v) is 8.79. The van der Waals surface area contributed by atoms with E-state index in [9.17, 15) is 13.2 Å². The number of benzene rings is 3. The molecule has 0 bridgehead atoms. The number of ether oxygens (including phenoxy) is 1. The molecule has 1 aliphatic rings. The van der Waals surface area contributed by atoms with Crippen molar-refractivity contribution >= 4 is 18.0 Å². The van der Waals surface area contributed by atoms with Gasteiger partial charge in [-0.1, -0.05) is 54.6 Å². The first-order valence-electron chi connectivity index (χ1n) is 8.79. The molecule has 4 rings (SSSR count). The van der Waals surface area contributed by atoms with Crippen LogP contribution in [-0.2, 0) is 4.74 Å². The van der Waals surface area contributed by atoms with Gasteiger partial charge in [0.05, 0.1) is 0 Å². The van der Waals surface area contributed by atoms with Crippen LogP contribution in [-0.4, -0.2) is 12.5 Å². The number of halogens is 3. The molecule has 1 unspecified atom stereocenters. The second kappa shape index (κ2) is 7.72. The minimum atomic E-state index is -0.694. The van der Waals surface area contributed by atoms with E-state index in [1.807, 2.05) is 36.4 Å². The van der Waals surface area contributed by atoms with Crippen LogP contribution in [0.3, 0.4) is 0 Å². The molecule has 1 atom stereocenters. The first kappa shape index (κ1) is 18.0. The molecular weight excluding hydrogens is 363 g/mol. The normalized spacial score (nSPS) is 16.2. The summed E-state index contributed by atoms with van der Waals surface area (Å²) in [6.07, 6.45) is 3.82. The van der Waals surface area contributed by atoms with E-state index in [1.165, 1.54) is 30.3 Å². The summed E-state index contributed by atoms with van der Waals surface area (Å²) >= 11 is 0. The van der Waals surface area contributed by atoms with Gasteiger partial charge in [0, 0.05) is 0 Å². The first-order chi connectivity index (χ1) is 13.6. The maximum atomic E-state index is 13.9. The van der Waals surface area contributed by atoms with Gasteiger partial charge in [-0.2, -0.15) is 0 Å². The van der Waals surface area contributed by atoms with Crippen molar-refractivity contribution in [3.05, 3.63) is 106 Å². The van der Waals surface area contributed by atoms with Crippen molar-refractivity contribution in [1.29, 1.82) is 0 Å². The Labute approximate surface area is 160 Å². The smallest absolute Gasteiger partial charge is 0.222 e. The van der Waals surface area contributed by atoms with Crippen LogP contribution in [0, 0.1) is 17.5 Å². The zero-order valence-electron chi connectivity index (χ0n) is 14.8. The van der Waals surface area contributed by atoms with E-state index >= 15 is 0 Å². The molecule has 0 saturated carbocycles. The molecule has 0 aromatic heterocycles. The fraction of sp³-hybridized carbons (Fsp3) is 0.0870. The minimum absolute atomic E-state index is 0.0131. The van der Waals surface area contributed by atoms with E-state index in [2.05, 4.69) is 4.99 Å². The fourth-order valence-corrected chi connectivity index (χ4v) is 2.98. The third-order valence-electron chi connectivity index (χ3n) is 4.49. The van der Waals surface area contributed by atoms with Crippen LogP contribution in [0.4, 0.5) is 13.2 Å². The standard InChI is InChI=1S/C23H16F3NO/c24-18-12-8-16(9-13-18)5-4-15-6-10-17(11-7-15)21-14-28-23(27-21)22-19(25)2-1-3-20(22)26/h1-13,21H,14H2/b5-4+. The van der Waals surface area contributed by atoms with Gasteiger partial charge in [-0.3, -0.25) is 0 Å². The third kappa shape index (κ3) is 3.83. The summed E-state index contributed by atoms with van der Waals surface area (Å²) in [6.45, 7) is 0.230. The van der Waals surface area contributed by atoms with Crippen LogP contribution in [0.15, 0.2) is 71.7 Å². The van der Waals surface area contributed by atoms with E-state index in [4.69, 9.17) is 4.74 Å². The number of aliphatic imine (C=N–C) groups is 1. The summed E-state index contributed by atoms with van der Waals surface area (Å²) in [7, 11) is 0. The van der Waals surface area contributed by atoms with Crippen LogP contribution >= 0.6 is 0 Å². The second-order valence-corrected chi connectivity index (χ2v) is 6.41. The largest absolute Gasteiger partial charge is 0.475 e. The van der Waals surface area contributed by atoms with Crippen molar-refractivity contribution in [3.63, 3.8) is 0 Å². The van der Waals surface area contributed by atoms with Crippen LogP contribution in [0.1, 0.15) is 28.3 Å². The third-order valence-corrected chi connectivity index (χ3v) is 4.49. The van der Waals surface area contributed by atoms with Crippen molar-refractivity contribution in [1.82, 2.24) is 0 Å². The Kier molecular flexibility index (Phi) is 4.98. The second-order valence-electron chi connectivity index (χ2n) is 6.41. The lowest BCUT2D eigenvalue weighted by Crippen LogP contribution is -2.07. The van der Waals surface area contributed by atoms with E-state index in [0.717, 1.165) is 16.7 Å². The molecule has 0 radical (unpaired) electrons. The zero-order valence-corrected chi connectivity index (χ0v) is 14.8. The summed E-state index contributed by atoms with van der Waals surface area (Å²) in [5.41, 5.74) is 2.53. The Balaban J connectivity index is 1.50. The zero-order chi connectivity index (χ0) is 19.5. The molecular formula is C23H16F3NO. The van der Waals surface area contributed by atoms with Crippen molar-refractivity contribution in [2.75, 3.05) is 6.61 Å². The van der Waals surface area contributed by atoms with Gasteiger partial charge >= 0.3 is 0 Å². The number of hydrogen-bond donors (Lipinski definition) is 0. The van der Waals surface area contributed by atoms with Crippen LogP contribution in [0.5, 0.6) is 0 Å². The average Bonchev–Trinajstić information content (AvgIpc) is 3.17. The molecule has 0 saturated heterocycles. The summed E-state index contributed by atoms with van der Waals surface area (Å²) in [4.78, 5) is 4.34. The Morgan fingerprint density at radius 2 is 1.36 bits per heavy atom. The van der Waals surface area contributed by atoms with Crippen LogP contribution in [0.25, 0.3) is 12.2 Å². The predicted octanol–water partition coefficient (Wildman–Crippen LogP) is 5.79. The molecule has 140 valence electrons. The maximum Gasteiger partial charge on any atom is 0.222 e. The van der Waals surface area contributed by atoms with E-state index < -0.39 is 11.6 Å². The van der Waals surface area contributed by atoms with Crippen molar-refractivity contribution in [2.24, 2.45) is 4.99 Å². The van der Waals surface area contributed by atoms with Gasteiger partial charge in [0.2, 0.25) is 5.90 Å². The molecule has 28 heavy (non-hydrogen) atoms. The molecule has 0 aliphatic carbocycles. The van der Waals surface area contributed by atoms with Gasteiger partial charge in [0.25, 0.3) is 0 Å². The van der Waals surface area contributed by atoms with Crippen LogP contribution in [0.2, 0.25) is 0 Å². The van der Waals surface area contributed by atoms with Gasteiger partial charge in [-0.05, 0) is 41.0 Å². The van der Waals surface area contributed by atoms with Crippen molar-refractivity contribution in [3.8, 4) is 0 Å². The van der Waals surface area contributed by atoms with Crippen LogP contribution < -0.4 is 0 Å². The summed E-state index contributed by atoms with van der Waals surface area (Å²) < 4.78 is 46.2. The number of hydrogen-bond acceptors (Lipinski definition) is 2. The SMILES string of the molecule is Fc1ccc(/C=C/c2ccc(C3COC(c4c(F)cccc4F)=N3)cc2)cc1. The van der Waals surface area contributed by atoms with Crippen molar-refractivity contribution < 1.29 is 17.9 Å². The molecule has 3 aromatic carbocycles. The van der Waals surface area contributed by atoms with Crippen molar-refractivity contribution in [2.45, 2.75) is 6.04 Å². The highest BCUT2D eigenvalue weighted by atomic mass is 19.1. The molecule has 0 amide bonds. The maximum absolute atomic E-state index is 13.9. The van der Waals surface area contributed by atoms with Gasteiger partial charge < -0.3 is 4.74 Å². The number of rotatable bonds is 4. The summed E-state index contributed by atoms with van der Waals surface area (Å²) in [5, 5.41) is 0. The van der Waals surface area contributed by atoms with Gasteiger partial charge in [0.15, 0.2) is 0 Å². The highest BCUT2D eigenvalue weighted by molar-refractivity contribution is 5.95.